The SMILES string of the molecule is Cc1cc(O)c2nc(C)cc(C)[n+]2c1.[Cl-]. The Hall–Kier alpha value is -1.35. The Morgan fingerprint density at radius 1 is 1.20 bits per heavy atom. The topological polar surface area (TPSA) is 37.2 Å². The van der Waals surface area contributed by atoms with Crippen molar-refractivity contribution >= 4 is 5.65 Å². The standard InChI is InChI=1S/C11H12N2O.ClH/c1-7-4-10(14)11-12-8(2)5-9(3)13(11)6-7;/h4-6H,1-3H3;1H. The van der Waals surface area contributed by atoms with E-state index in [2.05, 4.69) is 4.98 Å². The first-order valence-corrected chi connectivity index (χ1v) is 4.57. The van der Waals surface area contributed by atoms with Gasteiger partial charge in [0.1, 0.15) is 5.69 Å². The minimum Gasteiger partial charge on any atom is -1.00 e. The van der Waals surface area contributed by atoms with Crippen molar-refractivity contribution in [2.45, 2.75) is 20.8 Å². The van der Waals surface area contributed by atoms with Crippen molar-refractivity contribution < 1.29 is 21.9 Å². The second-order valence-electron chi connectivity index (χ2n) is 3.64. The Labute approximate surface area is 94.8 Å². The van der Waals surface area contributed by atoms with Gasteiger partial charge in [0.05, 0.1) is 6.20 Å². The van der Waals surface area contributed by atoms with Crippen molar-refractivity contribution in [2.75, 3.05) is 0 Å². The molecule has 0 aliphatic heterocycles. The van der Waals surface area contributed by atoms with Crippen LogP contribution in [0.1, 0.15) is 17.0 Å². The Bertz CT molecular complexity index is 464. The molecule has 0 saturated heterocycles. The van der Waals surface area contributed by atoms with Crippen molar-refractivity contribution in [3.05, 3.63) is 35.3 Å². The number of fused-ring (bicyclic) bond motifs is 1. The van der Waals surface area contributed by atoms with Crippen LogP contribution in [0.25, 0.3) is 5.65 Å². The summed E-state index contributed by atoms with van der Waals surface area (Å²) in [4.78, 5) is 4.29. The first-order chi connectivity index (χ1) is 6.58. The predicted octanol–water partition coefficient (Wildman–Crippen LogP) is -1.54. The van der Waals surface area contributed by atoms with Crippen molar-refractivity contribution in [1.82, 2.24) is 4.98 Å². The maximum Gasteiger partial charge on any atom is 0.370 e. The number of pyridine rings is 1. The largest absolute Gasteiger partial charge is 1.00 e. The highest BCUT2D eigenvalue weighted by atomic mass is 35.5. The highest BCUT2D eigenvalue weighted by molar-refractivity contribution is 5.47. The Kier molecular flexibility index (Phi) is 3.15. The number of rotatable bonds is 0. The fourth-order valence-electron chi connectivity index (χ4n) is 1.66. The molecule has 0 bridgehead atoms. The van der Waals surface area contributed by atoms with Gasteiger partial charge in [-0.3, -0.25) is 0 Å². The molecule has 0 aliphatic rings. The van der Waals surface area contributed by atoms with E-state index in [1.54, 1.807) is 6.07 Å². The summed E-state index contributed by atoms with van der Waals surface area (Å²) in [6.07, 6.45) is 1.97. The highest BCUT2D eigenvalue weighted by Crippen LogP contribution is 2.14. The summed E-state index contributed by atoms with van der Waals surface area (Å²) in [7, 11) is 0. The van der Waals surface area contributed by atoms with Gasteiger partial charge in [0.2, 0.25) is 5.75 Å². The molecule has 0 radical (unpaired) electrons. The Morgan fingerprint density at radius 3 is 2.53 bits per heavy atom. The second kappa shape index (κ2) is 4.03. The summed E-state index contributed by atoms with van der Waals surface area (Å²) in [5, 5.41) is 9.72. The molecule has 2 rings (SSSR count). The smallest absolute Gasteiger partial charge is 0.370 e. The third-order valence-electron chi connectivity index (χ3n) is 2.23. The van der Waals surface area contributed by atoms with Crippen molar-refractivity contribution in [1.29, 1.82) is 0 Å². The molecule has 0 aromatic carbocycles. The molecule has 1 N–H and O–H groups in total. The fourth-order valence-corrected chi connectivity index (χ4v) is 1.66. The van der Waals surface area contributed by atoms with Gasteiger partial charge >= 0.3 is 5.65 Å². The molecule has 15 heavy (non-hydrogen) atoms. The normalized spacial score (nSPS) is 10.1. The van der Waals surface area contributed by atoms with Gasteiger partial charge in [-0.2, -0.15) is 4.40 Å². The Balaban J connectivity index is 0.00000112. The van der Waals surface area contributed by atoms with E-state index in [0.29, 0.717) is 5.65 Å². The number of hydrogen-bond acceptors (Lipinski definition) is 2. The maximum absolute atomic E-state index is 9.72. The number of aromatic hydroxyl groups is 1. The number of hydrogen-bond donors (Lipinski definition) is 1. The maximum atomic E-state index is 9.72. The van der Waals surface area contributed by atoms with Crippen LogP contribution >= 0.6 is 0 Å². The summed E-state index contributed by atoms with van der Waals surface area (Å²) < 4.78 is 1.90. The van der Waals surface area contributed by atoms with Gasteiger partial charge in [-0.25, -0.2) is 0 Å². The molecule has 0 fully saturated rings. The lowest BCUT2D eigenvalue weighted by Crippen LogP contribution is -3.00. The quantitative estimate of drug-likeness (QED) is 0.551. The monoisotopic (exact) mass is 224 g/mol. The molecule has 2 aromatic rings. The van der Waals surface area contributed by atoms with Gasteiger partial charge in [0.25, 0.3) is 0 Å². The van der Waals surface area contributed by atoms with E-state index in [9.17, 15) is 5.11 Å². The van der Waals surface area contributed by atoms with Crippen molar-refractivity contribution in [3.8, 4) is 5.75 Å². The van der Waals surface area contributed by atoms with Crippen LogP contribution in [-0.4, -0.2) is 10.1 Å². The molecule has 0 atom stereocenters. The fraction of sp³-hybridized carbons (Fsp3) is 0.273. The number of nitrogens with zero attached hydrogens (tertiary/aromatic N) is 2. The van der Waals surface area contributed by atoms with E-state index in [1.807, 2.05) is 37.4 Å². The molecule has 4 heteroatoms. The zero-order valence-electron chi connectivity index (χ0n) is 8.95. The molecule has 80 valence electrons. The lowest BCUT2D eigenvalue weighted by molar-refractivity contribution is -0.523. The minimum absolute atomic E-state index is 0. The van der Waals surface area contributed by atoms with Crippen LogP contribution < -0.4 is 16.8 Å². The molecule has 0 spiro atoms. The molecular formula is C11H13ClN2O. The van der Waals surface area contributed by atoms with Gasteiger partial charge in [-0.05, 0) is 30.5 Å². The van der Waals surface area contributed by atoms with Gasteiger partial charge in [-0.15, -0.1) is 0 Å². The van der Waals surface area contributed by atoms with E-state index in [-0.39, 0.29) is 18.2 Å². The van der Waals surface area contributed by atoms with E-state index >= 15 is 0 Å². The third kappa shape index (κ3) is 2.02. The molecular weight excluding hydrogens is 212 g/mol. The van der Waals surface area contributed by atoms with Crippen molar-refractivity contribution in [2.24, 2.45) is 0 Å². The van der Waals surface area contributed by atoms with E-state index in [1.165, 1.54) is 0 Å². The Morgan fingerprint density at radius 2 is 1.87 bits per heavy atom. The van der Waals surface area contributed by atoms with Crippen LogP contribution in [0.15, 0.2) is 18.3 Å². The van der Waals surface area contributed by atoms with Crippen LogP contribution in [-0.2, 0) is 0 Å². The van der Waals surface area contributed by atoms with Crippen LogP contribution in [0.2, 0.25) is 0 Å². The lowest BCUT2D eigenvalue weighted by atomic mass is 10.2. The summed E-state index contributed by atoms with van der Waals surface area (Å²) in [5.74, 6) is 0.233. The predicted molar refractivity (Wildman–Crippen MR) is 53.3 cm³/mol. The molecule has 2 aromatic heterocycles. The summed E-state index contributed by atoms with van der Waals surface area (Å²) in [5.41, 5.74) is 3.63. The van der Waals surface area contributed by atoms with Crippen LogP contribution in [0.5, 0.6) is 5.75 Å². The first kappa shape index (κ1) is 11.7. The van der Waals surface area contributed by atoms with Gasteiger partial charge in [0.15, 0.2) is 5.69 Å². The number of halogens is 1. The average Bonchev–Trinajstić information content (AvgIpc) is 2.07. The number of aromatic nitrogens is 2. The molecule has 0 amide bonds. The van der Waals surface area contributed by atoms with Gasteiger partial charge in [-0.1, -0.05) is 0 Å². The zero-order chi connectivity index (χ0) is 10.3. The van der Waals surface area contributed by atoms with Gasteiger partial charge < -0.3 is 17.5 Å². The zero-order valence-corrected chi connectivity index (χ0v) is 9.71. The lowest BCUT2D eigenvalue weighted by Gasteiger charge is -2.00. The number of aryl methyl sites for hydroxylation is 3. The molecule has 3 nitrogen and oxygen atoms in total. The van der Waals surface area contributed by atoms with Gasteiger partial charge in [0, 0.05) is 13.0 Å². The molecule has 0 aliphatic carbocycles. The third-order valence-corrected chi connectivity index (χ3v) is 2.23. The average molecular weight is 225 g/mol. The molecule has 0 unspecified atom stereocenters. The van der Waals surface area contributed by atoms with E-state index in [0.717, 1.165) is 17.0 Å². The second-order valence-corrected chi connectivity index (χ2v) is 3.64. The van der Waals surface area contributed by atoms with Crippen LogP contribution in [0.4, 0.5) is 0 Å². The molecule has 0 saturated carbocycles. The summed E-state index contributed by atoms with van der Waals surface area (Å²) >= 11 is 0. The van der Waals surface area contributed by atoms with Crippen LogP contribution in [0.3, 0.4) is 0 Å². The first-order valence-electron chi connectivity index (χ1n) is 4.57. The summed E-state index contributed by atoms with van der Waals surface area (Å²) in [6.45, 7) is 5.87. The van der Waals surface area contributed by atoms with E-state index < -0.39 is 0 Å². The molecule has 2 heterocycles. The highest BCUT2D eigenvalue weighted by Gasteiger charge is 2.13. The minimum atomic E-state index is 0. The van der Waals surface area contributed by atoms with E-state index in [4.69, 9.17) is 0 Å². The van der Waals surface area contributed by atoms with Crippen LogP contribution in [0, 0.1) is 20.8 Å². The van der Waals surface area contributed by atoms with Crippen molar-refractivity contribution in [3.63, 3.8) is 0 Å². The summed E-state index contributed by atoms with van der Waals surface area (Å²) in [6, 6.07) is 3.72.